The monoisotopic (exact) mass is 486 g/mol. The van der Waals surface area contributed by atoms with Crippen molar-refractivity contribution >= 4 is 38.7 Å². The maximum absolute atomic E-state index is 11.9. The molecule has 3 N–H and O–H groups in total. The third kappa shape index (κ3) is 5.16. The fraction of sp³-hybridized carbons (Fsp3) is 0.409. The highest BCUT2D eigenvalue weighted by Gasteiger charge is 2.28. The van der Waals surface area contributed by atoms with Crippen molar-refractivity contribution in [3.8, 4) is 0 Å². The van der Waals surface area contributed by atoms with E-state index in [1.165, 1.54) is 5.56 Å². The number of hydrazine groups is 1. The van der Waals surface area contributed by atoms with Gasteiger partial charge in [-0.1, -0.05) is 6.07 Å². The highest BCUT2D eigenvalue weighted by atomic mass is 79.9. The minimum Gasteiger partial charge on any atom is -0.443 e. The number of aromatic amines is 1. The molecule has 3 aromatic rings. The fourth-order valence-electron chi connectivity index (χ4n) is 3.84. The minimum absolute atomic E-state index is 0.114. The molecule has 31 heavy (non-hydrogen) atoms. The van der Waals surface area contributed by atoms with Gasteiger partial charge in [0.15, 0.2) is 0 Å². The summed E-state index contributed by atoms with van der Waals surface area (Å²) in [6.45, 7) is 7.15. The van der Waals surface area contributed by atoms with Crippen LogP contribution in [0.5, 0.6) is 0 Å². The SMILES string of the molecule is CC(C)(C)OC(=O)NN[C@@H]1CCN(c2c(Br)cnc3[nH]cc(Cc4cccnc4)c23)C1. The van der Waals surface area contributed by atoms with Crippen LogP contribution in [0.4, 0.5) is 10.5 Å². The number of nitrogens with one attached hydrogen (secondary N) is 3. The zero-order chi connectivity index (χ0) is 22.0. The number of halogens is 1. The first-order valence-corrected chi connectivity index (χ1v) is 11.1. The largest absolute Gasteiger partial charge is 0.443 e. The number of nitrogens with zero attached hydrogens (tertiary/aromatic N) is 3. The molecule has 1 aliphatic rings. The quantitative estimate of drug-likeness (QED) is 0.473. The van der Waals surface area contributed by atoms with E-state index in [4.69, 9.17) is 4.74 Å². The maximum Gasteiger partial charge on any atom is 0.422 e. The molecule has 1 atom stereocenters. The van der Waals surface area contributed by atoms with E-state index in [9.17, 15) is 4.79 Å². The summed E-state index contributed by atoms with van der Waals surface area (Å²) in [7, 11) is 0. The Morgan fingerprint density at radius 2 is 2.23 bits per heavy atom. The number of rotatable bonds is 5. The molecule has 0 aliphatic carbocycles. The van der Waals surface area contributed by atoms with Crippen molar-refractivity contribution in [1.82, 2.24) is 25.8 Å². The molecule has 0 aromatic carbocycles. The van der Waals surface area contributed by atoms with E-state index in [0.29, 0.717) is 0 Å². The lowest BCUT2D eigenvalue weighted by molar-refractivity contribution is 0.0490. The third-order valence-corrected chi connectivity index (χ3v) is 5.69. The molecule has 0 spiro atoms. The van der Waals surface area contributed by atoms with Gasteiger partial charge in [-0.05, 0) is 60.3 Å². The summed E-state index contributed by atoms with van der Waals surface area (Å²) in [6.07, 6.45) is 8.73. The summed E-state index contributed by atoms with van der Waals surface area (Å²) in [5, 5.41) is 1.11. The second-order valence-corrected chi connectivity index (χ2v) is 9.59. The Morgan fingerprint density at radius 1 is 1.39 bits per heavy atom. The number of H-pyrrole nitrogens is 1. The lowest BCUT2D eigenvalue weighted by Crippen LogP contribution is -2.47. The predicted octanol–water partition coefficient (Wildman–Crippen LogP) is 3.92. The third-order valence-electron chi connectivity index (χ3n) is 5.11. The number of amides is 1. The first-order chi connectivity index (χ1) is 14.8. The van der Waals surface area contributed by atoms with Gasteiger partial charge in [0.1, 0.15) is 11.2 Å². The van der Waals surface area contributed by atoms with Crippen LogP contribution in [0.15, 0.2) is 41.4 Å². The molecule has 164 valence electrons. The lowest BCUT2D eigenvalue weighted by atomic mass is 10.1. The van der Waals surface area contributed by atoms with Gasteiger partial charge in [0.25, 0.3) is 0 Å². The summed E-state index contributed by atoms with van der Waals surface area (Å²) in [4.78, 5) is 26.4. The number of carbonyl (C=O) groups is 1. The number of hydrogen-bond donors (Lipinski definition) is 3. The molecule has 1 saturated heterocycles. The smallest absolute Gasteiger partial charge is 0.422 e. The number of hydrogen-bond acceptors (Lipinski definition) is 6. The standard InChI is InChI=1S/C22H27BrN6O2/c1-22(2,3)31-21(30)28-27-16-6-8-29(13-16)19-17(23)12-26-20-18(19)15(11-25-20)9-14-5-4-7-24-10-14/h4-5,7,10-12,16,27H,6,8-9,13H2,1-3H3,(H,25,26)(H,28,30)/t16-/m1/s1. The average Bonchev–Trinajstić information content (AvgIpc) is 3.34. The Kier molecular flexibility index (Phi) is 6.15. The molecule has 9 heteroatoms. The van der Waals surface area contributed by atoms with E-state index >= 15 is 0 Å². The Balaban J connectivity index is 1.51. The summed E-state index contributed by atoms with van der Waals surface area (Å²) in [6, 6.07) is 4.14. The molecule has 0 radical (unpaired) electrons. The van der Waals surface area contributed by atoms with Crippen molar-refractivity contribution < 1.29 is 9.53 Å². The van der Waals surface area contributed by atoms with Crippen LogP contribution in [0.1, 0.15) is 38.3 Å². The van der Waals surface area contributed by atoms with Crippen LogP contribution in [-0.4, -0.2) is 45.8 Å². The summed E-state index contributed by atoms with van der Waals surface area (Å²) < 4.78 is 6.25. The molecule has 0 saturated carbocycles. The molecule has 1 amide bonds. The van der Waals surface area contributed by atoms with E-state index in [2.05, 4.69) is 52.7 Å². The second kappa shape index (κ2) is 8.84. The van der Waals surface area contributed by atoms with Crippen molar-refractivity contribution in [3.05, 3.63) is 52.5 Å². The summed E-state index contributed by atoms with van der Waals surface area (Å²) in [5.41, 5.74) is 9.55. The lowest BCUT2D eigenvalue weighted by Gasteiger charge is -2.23. The van der Waals surface area contributed by atoms with Gasteiger partial charge in [0.2, 0.25) is 0 Å². The number of carbonyl (C=O) groups excluding carboxylic acids is 1. The average molecular weight is 487 g/mol. The summed E-state index contributed by atoms with van der Waals surface area (Å²) >= 11 is 3.71. The van der Waals surface area contributed by atoms with E-state index in [-0.39, 0.29) is 6.04 Å². The Bertz CT molecular complexity index is 1060. The van der Waals surface area contributed by atoms with Gasteiger partial charge < -0.3 is 14.6 Å². The van der Waals surface area contributed by atoms with Crippen LogP contribution < -0.4 is 15.8 Å². The predicted molar refractivity (Wildman–Crippen MR) is 124 cm³/mol. The molecular formula is C22H27BrN6O2. The van der Waals surface area contributed by atoms with E-state index in [1.54, 1.807) is 6.20 Å². The molecule has 0 unspecified atom stereocenters. The van der Waals surface area contributed by atoms with Crippen LogP contribution >= 0.6 is 15.9 Å². The number of ether oxygens (including phenoxy) is 1. The van der Waals surface area contributed by atoms with Crippen molar-refractivity contribution in [2.75, 3.05) is 18.0 Å². The molecule has 3 aromatic heterocycles. The Hall–Kier alpha value is -2.65. The minimum atomic E-state index is -0.528. The topological polar surface area (TPSA) is 95.2 Å². The van der Waals surface area contributed by atoms with Gasteiger partial charge >= 0.3 is 6.09 Å². The van der Waals surface area contributed by atoms with Gasteiger partial charge in [-0.2, -0.15) is 0 Å². The van der Waals surface area contributed by atoms with E-state index in [0.717, 1.165) is 52.7 Å². The Labute approximate surface area is 189 Å². The molecule has 4 rings (SSSR count). The van der Waals surface area contributed by atoms with Gasteiger partial charge in [-0.15, -0.1) is 0 Å². The van der Waals surface area contributed by atoms with Crippen LogP contribution in [0.3, 0.4) is 0 Å². The number of fused-ring (bicyclic) bond motifs is 1. The van der Waals surface area contributed by atoms with Crippen LogP contribution in [0, 0.1) is 0 Å². The first-order valence-electron chi connectivity index (χ1n) is 10.3. The number of anilines is 1. The Morgan fingerprint density at radius 3 is 2.97 bits per heavy atom. The van der Waals surface area contributed by atoms with Crippen LogP contribution in [0.2, 0.25) is 0 Å². The van der Waals surface area contributed by atoms with Crippen LogP contribution in [0.25, 0.3) is 11.0 Å². The molecule has 1 aliphatic heterocycles. The van der Waals surface area contributed by atoms with Crippen molar-refractivity contribution in [1.29, 1.82) is 0 Å². The van der Waals surface area contributed by atoms with Gasteiger partial charge in [-0.3, -0.25) is 10.4 Å². The van der Waals surface area contributed by atoms with Crippen LogP contribution in [-0.2, 0) is 11.2 Å². The zero-order valence-corrected chi connectivity index (χ0v) is 19.5. The van der Waals surface area contributed by atoms with Gasteiger partial charge in [0.05, 0.1) is 10.2 Å². The first kappa shape index (κ1) is 21.6. The molecule has 1 fully saturated rings. The zero-order valence-electron chi connectivity index (χ0n) is 17.9. The normalized spacial score (nSPS) is 16.6. The summed E-state index contributed by atoms with van der Waals surface area (Å²) in [5.74, 6) is 0. The highest BCUT2D eigenvalue weighted by Crippen LogP contribution is 2.37. The van der Waals surface area contributed by atoms with E-state index in [1.807, 2.05) is 45.4 Å². The van der Waals surface area contributed by atoms with Crippen molar-refractivity contribution in [3.63, 3.8) is 0 Å². The molecular weight excluding hydrogens is 460 g/mol. The van der Waals surface area contributed by atoms with Gasteiger partial charge in [0, 0.05) is 55.7 Å². The molecule has 4 heterocycles. The maximum atomic E-state index is 11.9. The van der Waals surface area contributed by atoms with Crippen molar-refractivity contribution in [2.45, 2.75) is 45.3 Å². The fourth-order valence-corrected chi connectivity index (χ4v) is 4.39. The van der Waals surface area contributed by atoms with E-state index < -0.39 is 11.7 Å². The molecule has 8 nitrogen and oxygen atoms in total. The second-order valence-electron chi connectivity index (χ2n) is 8.73. The van der Waals surface area contributed by atoms with Crippen molar-refractivity contribution in [2.24, 2.45) is 0 Å². The number of aromatic nitrogens is 3. The highest BCUT2D eigenvalue weighted by molar-refractivity contribution is 9.10. The number of pyridine rings is 2. The molecule has 0 bridgehead atoms. The van der Waals surface area contributed by atoms with Gasteiger partial charge in [-0.25, -0.2) is 15.2 Å².